The van der Waals surface area contributed by atoms with E-state index >= 15 is 0 Å². The van der Waals surface area contributed by atoms with E-state index in [1.54, 1.807) is 0 Å². The van der Waals surface area contributed by atoms with Crippen LogP contribution in [-0.2, 0) is 11.8 Å². The fourth-order valence-corrected chi connectivity index (χ4v) is 4.73. The molecule has 0 aromatic heterocycles. The molecule has 134 valence electrons. The Morgan fingerprint density at radius 2 is 1.88 bits per heavy atom. The lowest BCUT2D eigenvalue weighted by molar-refractivity contribution is 0.0654. The third-order valence-electron chi connectivity index (χ3n) is 5.89. The quantitative estimate of drug-likeness (QED) is 0.703. The first-order valence-corrected chi connectivity index (χ1v) is 9.16. The number of halogens is 3. The molecule has 1 saturated carbocycles. The number of nitrogens with zero attached hydrogens (tertiary/aromatic N) is 1. The van der Waals surface area contributed by atoms with Crippen LogP contribution in [0, 0.1) is 34.8 Å². The van der Waals surface area contributed by atoms with Gasteiger partial charge in [-0.15, -0.1) is 0 Å². The highest BCUT2D eigenvalue weighted by Gasteiger charge is 2.51. The van der Waals surface area contributed by atoms with Crippen molar-refractivity contribution in [2.24, 2.45) is 11.8 Å². The Morgan fingerprint density at radius 3 is 2.62 bits per heavy atom. The first kappa shape index (κ1) is 17.3. The molecular formula is C21H18ClF2NO. The molecule has 0 unspecified atom stereocenters. The van der Waals surface area contributed by atoms with Crippen LogP contribution in [0.25, 0.3) is 0 Å². The molecule has 5 heteroatoms. The van der Waals surface area contributed by atoms with Crippen molar-refractivity contribution in [2.75, 3.05) is 6.61 Å². The zero-order valence-corrected chi connectivity index (χ0v) is 14.9. The largest absolute Gasteiger partial charge is 0.490 e. The summed E-state index contributed by atoms with van der Waals surface area (Å²) in [6, 6.07) is 12.1. The third kappa shape index (κ3) is 2.75. The zero-order chi connectivity index (χ0) is 18.3. The Labute approximate surface area is 156 Å². The summed E-state index contributed by atoms with van der Waals surface area (Å²) in [6.07, 6.45) is 2.52. The van der Waals surface area contributed by atoms with E-state index in [-0.39, 0.29) is 17.6 Å². The predicted octanol–water partition coefficient (Wildman–Crippen LogP) is 5.43. The number of hydrogen-bond acceptors (Lipinski definition) is 2. The van der Waals surface area contributed by atoms with E-state index in [9.17, 15) is 14.0 Å². The minimum absolute atomic E-state index is 0.0274. The Hall–Kier alpha value is -2.12. The van der Waals surface area contributed by atoms with Gasteiger partial charge in [-0.1, -0.05) is 23.7 Å². The maximum Gasteiger partial charge on any atom is 0.165 e. The van der Waals surface area contributed by atoms with Crippen LogP contribution in [0.1, 0.15) is 30.4 Å². The molecule has 0 N–H and O–H groups in total. The van der Waals surface area contributed by atoms with Crippen LogP contribution < -0.4 is 4.74 Å². The average molecular weight is 374 g/mol. The minimum atomic E-state index is -0.569. The Kier molecular flexibility index (Phi) is 4.36. The molecule has 2 nitrogen and oxygen atoms in total. The molecule has 0 spiro atoms. The van der Waals surface area contributed by atoms with E-state index in [1.165, 1.54) is 6.07 Å². The predicted molar refractivity (Wildman–Crippen MR) is 95.1 cm³/mol. The maximum absolute atomic E-state index is 14.9. The number of fused-ring (bicyclic) bond motifs is 3. The summed E-state index contributed by atoms with van der Waals surface area (Å²) in [6.45, 7) is 0.305. The molecule has 2 aromatic carbocycles. The molecular weight excluding hydrogens is 356 g/mol. The first-order chi connectivity index (χ1) is 12.5. The summed E-state index contributed by atoms with van der Waals surface area (Å²) >= 11 is 5.99. The maximum atomic E-state index is 14.9. The molecule has 1 aliphatic carbocycles. The highest BCUT2D eigenvalue weighted by atomic mass is 35.5. The summed E-state index contributed by atoms with van der Waals surface area (Å²) in [7, 11) is 0. The van der Waals surface area contributed by atoms with Crippen molar-refractivity contribution in [3.63, 3.8) is 0 Å². The van der Waals surface area contributed by atoms with Gasteiger partial charge in [0.1, 0.15) is 5.82 Å². The van der Waals surface area contributed by atoms with Crippen molar-refractivity contribution in [1.82, 2.24) is 0 Å². The number of benzene rings is 2. The van der Waals surface area contributed by atoms with Crippen molar-refractivity contribution < 1.29 is 13.5 Å². The fraction of sp³-hybridized carbons (Fsp3) is 0.381. The third-order valence-corrected chi connectivity index (χ3v) is 6.14. The van der Waals surface area contributed by atoms with Crippen LogP contribution in [0.5, 0.6) is 5.75 Å². The smallest absolute Gasteiger partial charge is 0.165 e. The molecule has 26 heavy (non-hydrogen) atoms. The highest BCUT2D eigenvalue weighted by molar-refractivity contribution is 6.30. The van der Waals surface area contributed by atoms with E-state index in [4.69, 9.17) is 16.3 Å². The second-order valence-corrected chi connectivity index (χ2v) is 7.74. The van der Waals surface area contributed by atoms with Crippen LogP contribution in [-0.4, -0.2) is 6.61 Å². The van der Waals surface area contributed by atoms with Gasteiger partial charge in [0, 0.05) is 27.8 Å². The molecule has 1 heterocycles. The lowest BCUT2D eigenvalue weighted by Gasteiger charge is -2.49. The Morgan fingerprint density at radius 1 is 1.15 bits per heavy atom. The van der Waals surface area contributed by atoms with Gasteiger partial charge in [0.25, 0.3) is 0 Å². The van der Waals surface area contributed by atoms with E-state index in [0.717, 1.165) is 11.6 Å². The van der Waals surface area contributed by atoms with Crippen molar-refractivity contribution in [2.45, 2.75) is 31.1 Å². The Balaban J connectivity index is 1.85. The van der Waals surface area contributed by atoms with Gasteiger partial charge < -0.3 is 4.74 Å². The standard InChI is InChI=1S/C21H18ClF2NO/c22-16-3-1-13(2-4-16)10-21-8-7-14(11-25)9-15(21)12-26-20-18(24)6-5-17(23)19(20)21/h1-6,14-15H,7-10,12H2/t14-,15-,21+/m1/s1. The van der Waals surface area contributed by atoms with Crippen molar-refractivity contribution in [1.29, 1.82) is 5.26 Å². The molecule has 0 radical (unpaired) electrons. The Bertz CT molecular complexity index is 877. The van der Waals surface area contributed by atoms with Crippen LogP contribution in [0.4, 0.5) is 8.78 Å². The lowest BCUT2D eigenvalue weighted by atomic mass is 9.57. The van der Waals surface area contributed by atoms with Crippen LogP contribution >= 0.6 is 11.6 Å². The number of hydrogen-bond donors (Lipinski definition) is 0. The molecule has 1 aliphatic heterocycles. The van der Waals surface area contributed by atoms with E-state index < -0.39 is 17.0 Å². The zero-order valence-electron chi connectivity index (χ0n) is 14.1. The molecule has 3 atom stereocenters. The first-order valence-electron chi connectivity index (χ1n) is 8.79. The lowest BCUT2D eigenvalue weighted by Crippen LogP contribution is -2.48. The number of rotatable bonds is 2. The van der Waals surface area contributed by atoms with Crippen LogP contribution in [0.15, 0.2) is 36.4 Å². The van der Waals surface area contributed by atoms with Gasteiger partial charge >= 0.3 is 0 Å². The van der Waals surface area contributed by atoms with Gasteiger partial charge in [-0.2, -0.15) is 5.26 Å². The average Bonchev–Trinajstić information content (AvgIpc) is 2.65. The van der Waals surface area contributed by atoms with E-state index in [2.05, 4.69) is 6.07 Å². The van der Waals surface area contributed by atoms with Gasteiger partial charge in [0.15, 0.2) is 11.6 Å². The van der Waals surface area contributed by atoms with Crippen molar-refractivity contribution in [3.05, 3.63) is 64.2 Å². The molecule has 0 amide bonds. The van der Waals surface area contributed by atoms with Crippen LogP contribution in [0.2, 0.25) is 5.02 Å². The van der Waals surface area contributed by atoms with E-state index in [0.29, 0.717) is 42.9 Å². The molecule has 0 saturated heterocycles. The molecule has 0 bridgehead atoms. The van der Waals surface area contributed by atoms with Crippen LogP contribution in [0.3, 0.4) is 0 Å². The second kappa shape index (κ2) is 6.55. The summed E-state index contributed by atoms with van der Waals surface area (Å²) in [4.78, 5) is 0. The fourth-order valence-electron chi connectivity index (χ4n) is 4.61. The number of nitriles is 1. The summed E-state index contributed by atoms with van der Waals surface area (Å²) in [5.41, 5.74) is 0.785. The molecule has 2 aromatic rings. The van der Waals surface area contributed by atoms with Gasteiger partial charge in [0.05, 0.1) is 12.7 Å². The van der Waals surface area contributed by atoms with Gasteiger partial charge in [-0.25, -0.2) is 8.78 Å². The summed E-state index contributed by atoms with van der Waals surface area (Å²) in [5, 5.41) is 9.98. The summed E-state index contributed by atoms with van der Waals surface area (Å²) < 4.78 is 34.9. The normalized spacial score (nSPS) is 27.0. The number of ether oxygens (including phenoxy) is 1. The van der Waals surface area contributed by atoms with E-state index in [1.807, 2.05) is 24.3 Å². The molecule has 2 aliphatic rings. The molecule has 4 rings (SSSR count). The monoisotopic (exact) mass is 373 g/mol. The van der Waals surface area contributed by atoms with Crippen molar-refractivity contribution >= 4 is 11.6 Å². The topological polar surface area (TPSA) is 33.0 Å². The van der Waals surface area contributed by atoms with Gasteiger partial charge in [-0.3, -0.25) is 0 Å². The van der Waals surface area contributed by atoms with Gasteiger partial charge in [0.2, 0.25) is 0 Å². The second-order valence-electron chi connectivity index (χ2n) is 7.30. The molecule has 1 fully saturated rings. The summed E-state index contributed by atoms with van der Waals surface area (Å²) in [5.74, 6) is -1.03. The van der Waals surface area contributed by atoms with Crippen molar-refractivity contribution in [3.8, 4) is 11.8 Å². The van der Waals surface area contributed by atoms with Gasteiger partial charge in [-0.05, 0) is 55.5 Å². The SMILES string of the molecule is N#C[C@@H]1CC[C@@]2(Cc3ccc(Cl)cc3)c3c(F)ccc(F)c3OC[C@H]2C1. The minimum Gasteiger partial charge on any atom is -0.490 e. The highest BCUT2D eigenvalue weighted by Crippen LogP contribution is 2.54.